The van der Waals surface area contributed by atoms with E-state index >= 15 is 0 Å². The van der Waals surface area contributed by atoms with Gasteiger partial charge in [0.2, 0.25) is 0 Å². The summed E-state index contributed by atoms with van der Waals surface area (Å²) in [6, 6.07) is 0. The van der Waals surface area contributed by atoms with Gasteiger partial charge in [-0.2, -0.15) is 0 Å². The Hall–Kier alpha value is -2.11. The van der Waals surface area contributed by atoms with Crippen molar-refractivity contribution in [1.29, 1.82) is 0 Å². The van der Waals surface area contributed by atoms with Crippen molar-refractivity contribution in [3.8, 4) is 0 Å². The first-order valence-electron chi connectivity index (χ1n) is 6.31. The van der Waals surface area contributed by atoms with Crippen LogP contribution in [0.2, 0.25) is 0 Å². The van der Waals surface area contributed by atoms with Crippen molar-refractivity contribution in [2.75, 3.05) is 13.1 Å². The average molecular weight is 264 g/mol. The van der Waals surface area contributed by atoms with Gasteiger partial charge in [0.25, 0.3) is 11.8 Å². The highest BCUT2D eigenvalue weighted by Crippen LogP contribution is 2.13. The maximum absolute atomic E-state index is 11.5. The molecule has 6 heteroatoms. The Labute approximate surface area is 111 Å². The molecule has 2 amide bonds. The summed E-state index contributed by atoms with van der Waals surface area (Å²) >= 11 is 0. The fourth-order valence-electron chi connectivity index (χ4n) is 1.90. The number of carbonyl (C=O) groups excluding carboxylic acids is 3. The van der Waals surface area contributed by atoms with Crippen molar-refractivity contribution in [2.45, 2.75) is 25.7 Å². The Morgan fingerprint density at radius 3 is 2.58 bits per heavy atom. The molecule has 0 N–H and O–H groups in total. The third-order valence-electron chi connectivity index (χ3n) is 2.91. The molecule has 2 heterocycles. The Kier molecular flexibility index (Phi) is 4.33. The molecule has 1 saturated heterocycles. The topological polar surface area (TPSA) is 66.9 Å². The van der Waals surface area contributed by atoms with Crippen molar-refractivity contribution < 1.29 is 19.2 Å². The lowest BCUT2D eigenvalue weighted by molar-refractivity contribution is -0.197. The van der Waals surface area contributed by atoms with Crippen LogP contribution in [0.4, 0.5) is 0 Å². The maximum atomic E-state index is 11.5. The minimum absolute atomic E-state index is 0.122. The van der Waals surface area contributed by atoms with Gasteiger partial charge in [-0.15, -0.1) is 5.06 Å². The molecule has 0 unspecified atom stereocenters. The molecule has 0 bridgehead atoms. The molecular formula is C13H16N2O4. The van der Waals surface area contributed by atoms with Crippen LogP contribution >= 0.6 is 0 Å². The summed E-state index contributed by atoms with van der Waals surface area (Å²) in [4.78, 5) is 40.8. The summed E-state index contributed by atoms with van der Waals surface area (Å²) in [5.74, 6) is -1.43. The van der Waals surface area contributed by atoms with Crippen LogP contribution in [0.3, 0.4) is 0 Å². The number of hydrogen-bond donors (Lipinski definition) is 0. The van der Waals surface area contributed by atoms with E-state index in [-0.39, 0.29) is 19.3 Å². The van der Waals surface area contributed by atoms with Gasteiger partial charge in [0.15, 0.2) is 0 Å². The smallest absolute Gasteiger partial charge is 0.333 e. The second-order valence-corrected chi connectivity index (χ2v) is 4.41. The van der Waals surface area contributed by atoms with E-state index in [1.807, 2.05) is 24.4 Å². The normalized spacial score (nSPS) is 18.3. The van der Waals surface area contributed by atoms with Crippen LogP contribution in [0.15, 0.2) is 24.4 Å². The van der Waals surface area contributed by atoms with Crippen molar-refractivity contribution in [1.82, 2.24) is 9.96 Å². The van der Waals surface area contributed by atoms with Gasteiger partial charge in [-0.25, -0.2) is 4.79 Å². The van der Waals surface area contributed by atoms with Gasteiger partial charge in [0.05, 0.1) is 0 Å². The third-order valence-corrected chi connectivity index (χ3v) is 2.91. The van der Waals surface area contributed by atoms with Gasteiger partial charge < -0.3 is 9.74 Å². The molecule has 0 aromatic heterocycles. The Balaban J connectivity index is 1.67. The van der Waals surface area contributed by atoms with Crippen molar-refractivity contribution in [2.24, 2.45) is 0 Å². The van der Waals surface area contributed by atoms with E-state index in [2.05, 4.69) is 4.90 Å². The molecule has 2 rings (SSSR count). The quantitative estimate of drug-likeness (QED) is 0.686. The first-order chi connectivity index (χ1) is 9.16. The monoisotopic (exact) mass is 264 g/mol. The SMILES string of the molecule is O=C(CCCN1C=CC=CC1)ON1C(=O)CCC1=O. The lowest BCUT2D eigenvalue weighted by Crippen LogP contribution is -2.32. The van der Waals surface area contributed by atoms with E-state index in [4.69, 9.17) is 4.84 Å². The van der Waals surface area contributed by atoms with Gasteiger partial charge in [0.1, 0.15) is 0 Å². The summed E-state index contributed by atoms with van der Waals surface area (Å²) in [5, 5.41) is 0.589. The molecular weight excluding hydrogens is 248 g/mol. The van der Waals surface area contributed by atoms with Gasteiger partial charge in [-0.1, -0.05) is 12.2 Å². The Morgan fingerprint density at radius 1 is 1.21 bits per heavy atom. The number of rotatable bonds is 5. The van der Waals surface area contributed by atoms with E-state index in [0.717, 1.165) is 13.1 Å². The second kappa shape index (κ2) is 6.17. The largest absolute Gasteiger partial charge is 0.374 e. The van der Waals surface area contributed by atoms with Gasteiger partial charge >= 0.3 is 5.97 Å². The molecule has 0 radical (unpaired) electrons. The zero-order chi connectivity index (χ0) is 13.7. The summed E-state index contributed by atoms with van der Waals surface area (Å²) < 4.78 is 0. The van der Waals surface area contributed by atoms with Crippen LogP contribution in [0.1, 0.15) is 25.7 Å². The fraction of sp³-hybridized carbons (Fsp3) is 0.462. The molecule has 19 heavy (non-hydrogen) atoms. The molecule has 0 saturated carbocycles. The van der Waals surface area contributed by atoms with Crippen molar-refractivity contribution in [3.63, 3.8) is 0 Å². The van der Waals surface area contributed by atoms with Crippen LogP contribution in [0.5, 0.6) is 0 Å². The van der Waals surface area contributed by atoms with Gasteiger partial charge in [-0.3, -0.25) is 9.59 Å². The van der Waals surface area contributed by atoms with E-state index in [1.165, 1.54) is 0 Å². The third kappa shape index (κ3) is 3.67. The number of hydrogen-bond acceptors (Lipinski definition) is 5. The minimum atomic E-state index is -0.542. The predicted molar refractivity (Wildman–Crippen MR) is 66.3 cm³/mol. The maximum Gasteiger partial charge on any atom is 0.333 e. The molecule has 2 aliphatic heterocycles. The molecule has 0 aromatic rings. The number of allylic oxidation sites excluding steroid dienone is 2. The highest BCUT2D eigenvalue weighted by Gasteiger charge is 2.32. The number of amides is 2. The summed E-state index contributed by atoms with van der Waals surface area (Å²) in [6.45, 7) is 1.56. The zero-order valence-electron chi connectivity index (χ0n) is 10.6. The van der Waals surface area contributed by atoms with Crippen molar-refractivity contribution in [3.05, 3.63) is 24.4 Å². The van der Waals surface area contributed by atoms with E-state index in [1.54, 1.807) is 0 Å². The number of nitrogens with zero attached hydrogens (tertiary/aromatic N) is 2. The first kappa shape index (κ1) is 13.3. The first-order valence-corrected chi connectivity index (χ1v) is 6.31. The zero-order valence-corrected chi connectivity index (χ0v) is 10.6. The lowest BCUT2D eigenvalue weighted by atomic mass is 10.2. The lowest BCUT2D eigenvalue weighted by Gasteiger charge is -2.20. The molecule has 102 valence electrons. The molecule has 0 aromatic carbocycles. The fourth-order valence-corrected chi connectivity index (χ4v) is 1.90. The van der Waals surface area contributed by atoms with Crippen molar-refractivity contribution >= 4 is 17.8 Å². The van der Waals surface area contributed by atoms with Gasteiger partial charge in [0, 0.05) is 32.4 Å². The number of hydroxylamine groups is 2. The van der Waals surface area contributed by atoms with Crippen LogP contribution in [0.25, 0.3) is 0 Å². The average Bonchev–Trinajstić information content (AvgIpc) is 2.72. The van der Waals surface area contributed by atoms with Gasteiger partial charge in [-0.05, 0) is 18.7 Å². The Morgan fingerprint density at radius 2 is 1.95 bits per heavy atom. The summed E-state index contributed by atoms with van der Waals surface area (Å²) in [7, 11) is 0. The number of imide groups is 1. The van der Waals surface area contributed by atoms with Crippen LogP contribution in [-0.2, 0) is 19.2 Å². The Bertz CT molecular complexity index is 426. The standard InChI is InChI=1S/C13H16N2O4/c16-11-6-7-12(17)15(11)19-13(18)5-4-10-14-8-2-1-3-9-14/h1-3,8H,4-7,9-10H2. The molecule has 0 aliphatic carbocycles. The van der Waals surface area contributed by atoms with E-state index in [9.17, 15) is 14.4 Å². The predicted octanol–water partition coefficient (Wildman–Crippen LogP) is 0.759. The summed E-state index contributed by atoms with van der Waals surface area (Å²) in [6.07, 6.45) is 8.93. The molecule has 6 nitrogen and oxygen atoms in total. The second-order valence-electron chi connectivity index (χ2n) is 4.41. The highest BCUT2D eigenvalue weighted by atomic mass is 16.7. The van der Waals surface area contributed by atoms with E-state index < -0.39 is 17.8 Å². The highest BCUT2D eigenvalue weighted by molar-refractivity contribution is 6.01. The molecule has 2 aliphatic rings. The van der Waals surface area contributed by atoms with E-state index in [0.29, 0.717) is 11.5 Å². The van der Waals surface area contributed by atoms with Crippen LogP contribution < -0.4 is 0 Å². The van der Waals surface area contributed by atoms with Crippen LogP contribution in [0, 0.1) is 0 Å². The van der Waals surface area contributed by atoms with Crippen LogP contribution in [-0.4, -0.2) is 40.8 Å². The molecule has 0 spiro atoms. The molecule has 1 fully saturated rings. The molecule has 0 atom stereocenters. The summed E-state index contributed by atoms with van der Waals surface area (Å²) in [5.41, 5.74) is 0. The number of carbonyl (C=O) groups is 3. The minimum Gasteiger partial charge on any atom is -0.374 e.